The Morgan fingerprint density at radius 1 is 1.53 bits per heavy atom. The Kier molecular flexibility index (Phi) is 5.27. The summed E-state index contributed by atoms with van der Waals surface area (Å²) in [6.45, 7) is 2.69. The zero-order valence-electron chi connectivity index (χ0n) is 10.4. The number of nitriles is 1. The molecule has 0 aliphatic heterocycles. The predicted octanol–water partition coefficient (Wildman–Crippen LogP) is 2.73. The predicted molar refractivity (Wildman–Crippen MR) is 69.4 cm³/mol. The normalized spacial score (nSPS) is 12.2. The van der Waals surface area contributed by atoms with Crippen molar-refractivity contribution in [1.29, 1.82) is 5.26 Å². The lowest BCUT2D eigenvalue weighted by Crippen LogP contribution is -2.29. The lowest BCUT2D eigenvalue weighted by atomic mass is 10.1. The highest BCUT2D eigenvalue weighted by Crippen LogP contribution is 2.22. The number of methoxy groups -OCH3 is 1. The maximum absolute atomic E-state index is 8.79. The molecule has 3 nitrogen and oxygen atoms in total. The fourth-order valence-electron chi connectivity index (χ4n) is 1.45. The fraction of sp³-hybridized carbons (Fsp3) is 0.462. The average Bonchev–Trinajstić information content (AvgIpc) is 2.35. The minimum Gasteiger partial charge on any atom is -0.497 e. The number of hydrogen-bond donors (Lipinski definition) is 0. The molecule has 0 saturated carbocycles. The fourth-order valence-corrected chi connectivity index (χ4v) is 1.71. The number of hydrogen-bond acceptors (Lipinski definition) is 3. The van der Waals surface area contributed by atoms with Crippen LogP contribution in [-0.2, 0) is 6.42 Å². The number of likely N-dealkylation sites (N-methyl/N-ethyl adjacent to an activating group) is 1. The van der Waals surface area contributed by atoms with Crippen molar-refractivity contribution < 1.29 is 4.74 Å². The molecule has 0 spiro atoms. The van der Waals surface area contributed by atoms with E-state index >= 15 is 0 Å². The summed E-state index contributed by atoms with van der Waals surface area (Å²) in [5.74, 6) is 0.762. The van der Waals surface area contributed by atoms with Crippen molar-refractivity contribution in [3.63, 3.8) is 0 Å². The van der Waals surface area contributed by atoms with E-state index in [1.54, 1.807) is 7.11 Å². The first-order valence-electron chi connectivity index (χ1n) is 5.50. The first-order chi connectivity index (χ1) is 8.08. The maximum Gasteiger partial charge on any atom is 0.120 e. The van der Waals surface area contributed by atoms with Crippen molar-refractivity contribution in [2.75, 3.05) is 20.7 Å². The van der Waals surface area contributed by atoms with Crippen molar-refractivity contribution >= 4 is 11.6 Å². The van der Waals surface area contributed by atoms with E-state index in [4.69, 9.17) is 21.6 Å². The molecule has 0 N–H and O–H groups in total. The minimum absolute atomic E-state index is 0.0768. The molecule has 0 saturated heterocycles. The highest BCUT2D eigenvalue weighted by Gasteiger charge is 2.09. The molecule has 0 fully saturated rings. The third-order valence-corrected chi connectivity index (χ3v) is 3.19. The van der Waals surface area contributed by atoms with Gasteiger partial charge in [-0.1, -0.05) is 17.7 Å². The number of ether oxygens (including phenoxy) is 1. The molecule has 1 unspecified atom stereocenters. The second-order valence-corrected chi connectivity index (χ2v) is 4.40. The lowest BCUT2D eigenvalue weighted by molar-refractivity contribution is 0.306. The molecule has 0 heterocycles. The molecule has 0 bridgehead atoms. The summed E-state index contributed by atoms with van der Waals surface area (Å²) in [7, 11) is 3.55. The Morgan fingerprint density at radius 3 is 2.76 bits per heavy atom. The SMILES string of the molecule is COc1ccc(CCN(C)C(C)C#N)c(Cl)c1. The van der Waals surface area contributed by atoms with Gasteiger partial charge in [0.05, 0.1) is 19.2 Å². The smallest absolute Gasteiger partial charge is 0.120 e. The summed E-state index contributed by atoms with van der Waals surface area (Å²) in [5, 5.41) is 9.50. The van der Waals surface area contributed by atoms with Crippen LogP contribution in [0, 0.1) is 11.3 Å². The Balaban J connectivity index is 2.61. The van der Waals surface area contributed by atoms with Gasteiger partial charge in [0, 0.05) is 11.6 Å². The van der Waals surface area contributed by atoms with E-state index in [2.05, 4.69) is 6.07 Å². The van der Waals surface area contributed by atoms with Gasteiger partial charge >= 0.3 is 0 Å². The van der Waals surface area contributed by atoms with Gasteiger partial charge in [-0.05, 0) is 38.1 Å². The Hall–Kier alpha value is -1.24. The molecule has 1 rings (SSSR count). The average molecular weight is 253 g/mol. The number of rotatable bonds is 5. The van der Waals surface area contributed by atoms with E-state index in [0.717, 1.165) is 24.3 Å². The number of halogens is 1. The van der Waals surface area contributed by atoms with Gasteiger partial charge < -0.3 is 4.74 Å². The van der Waals surface area contributed by atoms with Gasteiger partial charge in [-0.2, -0.15) is 5.26 Å². The Morgan fingerprint density at radius 2 is 2.24 bits per heavy atom. The zero-order chi connectivity index (χ0) is 12.8. The Labute approximate surface area is 108 Å². The van der Waals surface area contributed by atoms with Crippen molar-refractivity contribution in [3.05, 3.63) is 28.8 Å². The highest BCUT2D eigenvalue weighted by atomic mass is 35.5. The van der Waals surface area contributed by atoms with E-state index in [1.165, 1.54) is 0 Å². The van der Waals surface area contributed by atoms with Crippen LogP contribution >= 0.6 is 11.6 Å². The van der Waals surface area contributed by atoms with Crippen LogP contribution in [0.15, 0.2) is 18.2 Å². The molecule has 17 heavy (non-hydrogen) atoms. The standard InChI is InChI=1S/C13H17ClN2O/c1-10(9-15)16(2)7-6-11-4-5-12(17-3)8-13(11)14/h4-5,8,10H,6-7H2,1-3H3. The van der Waals surface area contributed by atoms with E-state index in [1.807, 2.05) is 37.1 Å². The largest absolute Gasteiger partial charge is 0.497 e. The lowest BCUT2D eigenvalue weighted by Gasteiger charge is -2.19. The summed E-state index contributed by atoms with van der Waals surface area (Å²) in [5.41, 5.74) is 1.07. The molecule has 0 aromatic heterocycles. The first kappa shape index (κ1) is 13.8. The van der Waals surface area contributed by atoms with Crippen molar-refractivity contribution in [2.45, 2.75) is 19.4 Å². The third-order valence-electron chi connectivity index (χ3n) is 2.84. The molecule has 1 aromatic rings. The minimum atomic E-state index is -0.0768. The molecule has 92 valence electrons. The first-order valence-corrected chi connectivity index (χ1v) is 5.88. The van der Waals surface area contributed by atoms with Gasteiger partial charge in [-0.25, -0.2) is 0 Å². The van der Waals surface area contributed by atoms with Gasteiger partial charge in [0.25, 0.3) is 0 Å². The van der Waals surface area contributed by atoms with E-state index in [0.29, 0.717) is 5.02 Å². The second kappa shape index (κ2) is 6.48. The van der Waals surface area contributed by atoms with Crippen LogP contribution in [0.25, 0.3) is 0 Å². The van der Waals surface area contributed by atoms with Gasteiger partial charge in [0.1, 0.15) is 5.75 Å². The van der Waals surface area contributed by atoms with E-state index in [-0.39, 0.29) is 6.04 Å². The number of benzene rings is 1. The Bertz CT molecular complexity index is 414. The molecule has 4 heteroatoms. The molecular weight excluding hydrogens is 236 g/mol. The highest BCUT2D eigenvalue weighted by molar-refractivity contribution is 6.31. The van der Waals surface area contributed by atoms with Crippen molar-refractivity contribution in [3.8, 4) is 11.8 Å². The van der Waals surface area contributed by atoms with Crippen LogP contribution in [-0.4, -0.2) is 31.6 Å². The molecule has 0 radical (unpaired) electrons. The van der Waals surface area contributed by atoms with E-state index < -0.39 is 0 Å². The molecular formula is C13H17ClN2O. The summed E-state index contributed by atoms with van der Waals surface area (Å²) < 4.78 is 5.09. The molecule has 0 aliphatic carbocycles. The molecule has 0 amide bonds. The summed E-state index contributed by atoms with van der Waals surface area (Å²) in [6.07, 6.45) is 0.825. The van der Waals surface area contributed by atoms with Crippen LogP contribution < -0.4 is 4.74 Å². The summed E-state index contributed by atoms with van der Waals surface area (Å²) in [6, 6.07) is 7.80. The van der Waals surface area contributed by atoms with Crippen LogP contribution in [0.1, 0.15) is 12.5 Å². The van der Waals surface area contributed by atoms with E-state index in [9.17, 15) is 0 Å². The van der Waals surface area contributed by atoms with Crippen LogP contribution in [0.3, 0.4) is 0 Å². The van der Waals surface area contributed by atoms with Gasteiger partial charge in [0.2, 0.25) is 0 Å². The summed E-state index contributed by atoms with van der Waals surface area (Å²) >= 11 is 6.14. The van der Waals surface area contributed by atoms with Crippen molar-refractivity contribution in [1.82, 2.24) is 4.90 Å². The molecule has 1 atom stereocenters. The summed E-state index contributed by atoms with van der Waals surface area (Å²) in [4.78, 5) is 2.00. The second-order valence-electron chi connectivity index (χ2n) is 3.99. The van der Waals surface area contributed by atoms with Crippen LogP contribution in [0.4, 0.5) is 0 Å². The maximum atomic E-state index is 8.79. The zero-order valence-corrected chi connectivity index (χ0v) is 11.2. The quantitative estimate of drug-likeness (QED) is 0.809. The number of nitrogens with zero attached hydrogens (tertiary/aromatic N) is 2. The van der Waals surface area contributed by atoms with Crippen molar-refractivity contribution in [2.24, 2.45) is 0 Å². The van der Waals surface area contributed by atoms with Crippen LogP contribution in [0.5, 0.6) is 5.75 Å². The van der Waals surface area contributed by atoms with Gasteiger partial charge in [0.15, 0.2) is 0 Å². The van der Waals surface area contributed by atoms with Gasteiger partial charge in [-0.3, -0.25) is 4.90 Å². The molecule has 0 aliphatic rings. The molecule has 1 aromatic carbocycles. The van der Waals surface area contributed by atoms with Gasteiger partial charge in [-0.15, -0.1) is 0 Å². The topological polar surface area (TPSA) is 36.3 Å². The van der Waals surface area contributed by atoms with Crippen LogP contribution in [0.2, 0.25) is 5.02 Å². The monoisotopic (exact) mass is 252 g/mol. The third kappa shape index (κ3) is 3.92.